The fourth-order valence-corrected chi connectivity index (χ4v) is 2.97. The molecule has 0 spiro atoms. The first kappa shape index (κ1) is 17.8. The summed E-state index contributed by atoms with van der Waals surface area (Å²) in [7, 11) is 0. The van der Waals surface area contributed by atoms with Crippen molar-refractivity contribution in [1.82, 2.24) is 5.32 Å². The van der Waals surface area contributed by atoms with Gasteiger partial charge in [0.1, 0.15) is 5.54 Å². The van der Waals surface area contributed by atoms with Crippen molar-refractivity contribution in [2.75, 3.05) is 5.75 Å². The molecule has 1 N–H and O–H groups in total. The summed E-state index contributed by atoms with van der Waals surface area (Å²) in [4.78, 5) is 0. The van der Waals surface area contributed by atoms with Gasteiger partial charge in [-0.15, -0.1) is 0 Å². The van der Waals surface area contributed by atoms with Gasteiger partial charge in [-0.05, 0) is 44.8 Å². The van der Waals surface area contributed by atoms with Gasteiger partial charge in [-0.25, -0.2) is 0 Å². The Kier molecular flexibility index (Phi) is 8.73. The molecule has 0 aliphatic carbocycles. The Bertz CT molecular complexity index is 258. The molecule has 0 fully saturated rings. The fraction of sp³-hybridized carbons (Fsp3) is 0.933. The Morgan fingerprint density at radius 1 is 1.22 bits per heavy atom. The highest BCUT2D eigenvalue weighted by atomic mass is 32.2. The molecule has 0 amide bonds. The highest BCUT2D eigenvalue weighted by molar-refractivity contribution is 7.99. The Hall–Kier alpha value is -0.200. The highest BCUT2D eigenvalue weighted by Crippen LogP contribution is 2.23. The van der Waals surface area contributed by atoms with Crippen molar-refractivity contribution in [1.29, 1.82) is 5.26 Å². The third-order valence-corrected chi connectivity index (χ3v) is 5.04. The maximum absolute atomic E-state index is 9.40. The van der Waals surface area contributed by atoms with Crippen LogP contribution in [0.25, 0.3) is 0 Å². The Labute approximate surface area is 118 Å². The van der Waals surface area contributed by atoms with Crippen LogP contribution in [0.5, 0.6) is 0 Å². The average molecular weight is 270 g/mol. The highest BCUT2D eigenvalue weighted by Gasteiger charge is 2.27. The number of nitriles is 1. The number of hydrogen-bond donors (Lipinski definition) is 1. The smallest absolute Gasteiger partial charge is 0.106 e. The van der Waals surface area contributed by atoms with Crippen LogP contribution in [0.1, 0.15) is 60.8 Å². The molecule has 2 nitrogen and oxygen atoms in total. The van der Waals surface area contributed by atoms with Gasteiger partial charge >= 0.3 is 0 Å². The molecule has 0 aliphatic rings. The molecule has 106 valence electrons. The van der Waals surface area contributed by atoms with Crippen LogP contribution >= 0.6 is 11.8 Å². The SMILES string of the molecule is CCC(C#N)(CCCSC(C)C(C)C)NC(C)C. The molecule has 0 bridgehead atoms. The van der Waals surface area contributed by atoms with Crippen molar-refractivity contribution in [3.05, 3.63) is 0 Å². The normalized spacial score (nSPS) is 16.6. The molecule has 0 rings (SSSR count). The van der Waals surface area contributed by atoms with Crippen LogP contribution in [0, 0.1) is 17.2 Å². The first-order valence-corrected chi connectivity index (χ1v) is 8.22. The molecule has 3 heteroatoms. The van der Waals surface area contributed by atoms with Crippen molar-refractivity contribution in [2.24, 2.45) is 5.92 Å². The summed E-state index contributed by atoms with van der Waals surface area (Å²) >= 11 is 2.03. The minimum atomic E-state index is -0.324. The zero-order valence-electron chi connectivity index (χ0n) is 12.9. The summed E-state index contributed by atoms with van der Waals surface area (Å²) in [5.74, 6) is 1.89. The number of nitrogens with one attached hydrogen (secondary N) is 1. The van der Waals surface area contributed by atoms with Gasteiger partial charge in [0.25, 0.3) is 0 Å². The van der Waals surface area contributed by atoms with E-state index in [2.05, 4.69) is 52.9 Å². The van der Waals surface area contributed by atoms with E-state index in [4.69, 9.17) is 0 Å². The molecule has 0 saturated heterocycles. The van der Waals surface area contributed by atoms with E-state index >= 15 is 0 Å². The molecule has 0 saturated carbocycles. The lowest BCUT2D eigenvalue weighted by molar-refractivity contribution is 0.341. The van der Waals surface area contributed by atoms with E-state index in [0.717, 1.165) is 30.9 Å². The third-order valence-electron chi connectivity index (χ3n) is 3.45. The summed E-state index contributed by atoms with van der Waals surface area (Å²) in [6.07, 6.45) is 2.95. The second-order valence-corrected chi connectivity index (χ2v) is 7.26. The topological polar surface area (TPSA) is 35.8 Å². The molecule has 0 aliphatic heterocycles. The van der Waals surface area contributed by atoms with Crippen LogP contribution in [0.2, 0.25) is 0 Å². The molecular weight excluding hydrogens is 240 g/mol. The monoisotopic (exact) mass is 270 g/mol. The second-order valence-electron chi connectivity index (χ2n) is 5.77. The first-order chi connectivity index (χ1) is 8.37. The maximum Gasteiger partial charge on any atom is 0.106 e. The zero-order valence-corrected chi connectivity index (χ0v) is 13.7. The molecular formula is C15H30N2S. The largest absolute Gasteiger partial charge is 0.297 e. The molecule has 18 heavy (non-hydrogen) atoms. The number of rotatable bonds is 9. The predicted molar refractivity (Wildman–Crippen MR) is 82.9 cm³/mol. The van der Waals surface area contributed by atoms with Crippen molar-refractivity contribution in [2.45, 2.75) is 77.6 Å². The van der Waals surface area contributed by atoms with Gasteiger partial charge in [0.2, 0.25) is 0 Å². The van der Waals surface area contributed by atoms with E-state index < -0.39 is 0 Å². The van der Waals surface area contributed by atoms with Gasteiger partial charge in [0.15, 0.2) is 0 Å². The minimum Gasteiger partial charge on any atom is -0.297 e. The van der Waals surface area contributed by atoms with Gasteiger partial charge in [0.05, 0.1) is 6.07 Å². The van der Waals surface area contributed by atoms with Crippen LogP contribution in [-0.2, 0) is 0 Å². The van der Waals surface area contributed by atoms with E-state index in [1.165, 1.54) is 0 Å². The van der Waals surface area contributed by atoms with Crippen LogP contribution in [0.3, 0.4) is 0 Å². The van der Waals surface area contributed by atoms with E-state index in [1.807, 2.05) is 11.8 Å². The fourth-order valence-electron chi connectivity index (χ4n) is 1.91. The molecule has 0 heterocycles. The Morgan fingerprint density at radius 2 is 1.83 bits per heavy atom. The summed E-state index contributed by atoms with van der Waals surface area (Å²) in [6.45, 7) is 13.1. The lowest BCUT2D eigenvalue weighted by Crippen LogP contribution is -2.47. The Balaban J connectivity index is 4.10. The van der Waals surface area contributed by atoms with Crippen LogP contribution in [0.15, 0.2) is 0 Å². The standard InChI is InChI=1S/C15H30N2S/c1-7-15(11-16,17-13(4)5)9-8-10-18-14(6)12(2)3/h12-14,17H,7-10H2,1-6H3. The van der Waals surface area contributed by atoms with Gasteiger partial charge in [0, 0.05) is 11.3 Å². The second kappa shape index (κ2) is 8.82. The predicted octanol–water partition coefficient (Wildman–Crippen LogP) is 4.21. The van der Waals surface area contributed by atoms with Crippen LogP contribution in [0.4, 0.5) is 0 Å². The van der Waals surface area contributed by atoms with E-state index in [0.29, 0.717) is 11.3 Å². The van der Waals surface area contributed by atoms with Crippen LogP contribution < -0.4 is 5.32 Å². The summed E-state index contributed by atoms with van der Waals surface area (Å²) in [6, 6.07) is 2.85. The molecule has 2 unspecified atom stereocenters. The molecule has 0 aromatic heterocycles. The van der Waals surface area contributed by atoms with E-state index in [-0.39, 0.29) is 5.54 Å². The van der Waals surface area contributed by atoms with E-state index in [1.54, 1.807) is 0 Å². The number of thioether (sulfide) groups is 1. The molecule has 0 aromatic carbocycles. The van der Waals surface area contributed by atoms with Gasteiger partial charge in [-0.2, -0.15) is 17.0 Å². The lowest BCUT2D eigenvalue weighted by Gasteiger charge is -2.29. The summed E-state index contributed by atoms with van der Waals surface area (Å²) in [5.41, 5.74) is -0.324. The summed E-state index contributed by atoms with van der Waals surface area (Å²) in [5, 5.41) is 13.5. The van der Waals surface area contributed by atoms with Crippen molar-refractivity contribution >= 4 is 11.8 Å². The van der Waals surface area contributed by atoms with Crippen LogP contribution in [-0.4, -0.2) is 22.6 Å². The van der Waals surface area contributed by atoms with Crippen molar-refractivity contribution in [3.8, 4) is 6.07 Å². The first-order valence-electron chi connectivity index (χ1n) is 7.17. The Morgan fingerprint density at radius 3 is 2.22 bits per heavy atom. The lowest BCUT2D eigenvalue weighted by atomic mass is 9.91. The van der Waals surface area contributed by atoms with E-state index in [9.17, 15) is 5.26 Å². The van der Waals surface area contributed by atoms with Crippen molar-refractivity contribution < 1.29 is 0 Å². The van der Waals surface area contributed by atoms with Gasteiger partial charge < -0.3 is 0 Å². The third kappa shape index (κ3) is 6.66. The molecule has 0 radical (unpaired) electrons. The molecule has 0 aromatic rings. The van der Waals surface area contributed by atoms with Gasteiger partial charge in [-0.1, -0.05) is 27.7 Å². The molecule has 2 atom stereocenters. The summed E-state index contributed by atoms with van der Waals surface area (Å²) < 4.78 is 0. The maximum atomic E-state index is 9.40. The van der Waals surface area contributed by atoms with Gasteiger partial charge in [-0.3, -0.25) is 5.32 Å². The number of nitrogens with zero attached hydrogens (tertiary/aromatic N) is 1. The number of hydrogen-bond acceptors (Lipinski definition) is 3. The zero-order chi connectivity index (χ0) is 14.2. The average Bonchev–Trinajstić information content (AvgIpc) is 2.32. The van der Waals surface area contributed by atoms with Crippen molar-refractivity contribution in [3.63, 3.8) is 0 Å². The minimum absolute atomic E-state index is 0.324. The quantitative estimate of drug-likeness (QED) is 0.637.